The number of carbonyl (C=O) groups is 1. The SMILES string of the molecule is CCCc1cc(C(O[SiH](C)C)n2c(=O)n(C(=O)OCC)c3ccccc32)ccc1C(C)(C)C. The van der Waals surface area contributed by atoms with E-state index in [1.165, 1.54) is 11.1 Å². The fourth-order valence-electron chi connectivity index (χ4n) is 4.28. The molecule has 0 fully saturated rings. The minimum absolute atomic E-state index is 0.0168. The first-order chi connectivity index (χ1) is 15.6. The summed E-state index contributed by atoms with van der Waals surface area (Å²) in [6, 6.07) is 13.7. The van der Waals surface area contributed by atoms with E-state index in [1.54, 1.807) is 17.6 Å². The Bertz CT molecular complexity index is 1190. The highest BCUT2D eigenvalue weighted by Crippen LogP contribution is 2.32. The average molecular weight is 469 g/mol. The standard InChI is InChI=1S/C26H36N2O4Si/c1-8-12-18-17-19(15-16-20(18)26(3,4)5)23(32-33(6)7)27-21-13-10-11-14-22(21)28(24(27)29)25(30)31-9-2/h10-11,13-17,23,33H,8-9,12H2,1-7H3. The summed E-state index contributed by atoms with van der Waals surface area (Å²) in [6.45, 7) is 14.9. The number of benzene rings is 2. The molecule has 0 spiro atoms. The van der Waals surface area contributed by atoms with Crippen molar-refractivity contribution in [3.8, 4) is 0 Å². The van der Waals surface area contributed by atoms with Crippen molar-refractivity contribution in [2.24, 2.45) is 0 Å². The Kier molecular flexibility index (Phi) is 7.64. The average Bonchev–Trinajstić information content (AvgIpc) is 3.03. The minimum atomic E-state index is -1.56. The third kappa shape index (κ3) is 5.14. The normalized spacial score (nSPS) is 13.0. The fraction of sp³-hybridized carbons (Fsp3) is 0.462. The van der Waals surface area contributed by atoms with Crippen molar-refractivity contribution < 1.29 is 14.0 Å². The smallest absolute Gasteiger partial charge is 0.422 e. The highest BCUT2D eigenvalue weighted by Gasteiger charge is 2.27. The van der Waals surface area contributed by atoms with Gasteiger partial charge in [-0.25, -0.2) is 9.59 Å². The quantitative estimate of drug-likeness (QED) is 0.423. The lowest BCUT2D eigenvalue weighted by Gasteiger charge is -2.27. The topological polar surface area (TPSA) is 62.5 Å². The van der Waals surface area contributed by atoms with Gasteiger partial charge >= 0.3 is 11.8 Å². The second kappa shape index (κ2) is 10.1. The number of carbonyl (C=O) groups excluding carboxylic acids is 1. The molecule has 0 radical (unpaired) electrons. The number of imidazole rings is 1. The number of ether oxygens (including phenoxy) is 1. The zero-order chi connectivity index (χ0) is 24.3. The summed E-state index contributed by atoms with van der Waals surface area (Å²) in [5.74, 6) is 0. The Balaban J connectivity index is 2.27. The van der Waals surface area contributed by atoms with Gasteiger partial charge in [0.25, 0.3) is 0 Å². The summed E-state index contributed by atoms with van der Waals surface area (Å²) in [7, 11) is -1.56. The molecule has 0 aliphatic carbocycles. The fourth-order valence-corrected chi connectivity index (χ4v) is 5.08. The van der Waals surface area contributed by atoms with Crippen LogP contribution in [0.4, 0.5) is 4.79 Å². The molecule has 0 N–H and O–H groups in total. The second-order valence-electron chi connectivity index (χ2n) is 9.63. The first-order valence-corrected chi connectivity index (χ1v) is 14.6. The van der Waals surface area contributed by atoms with Crippen molar-refractivity contribution in [1.82, 2.24) is 9.13 Å². The maximum atomic E-state index is 13.6. The van der Waals surface area contributed by atoms with Crippen LogP contribution in [-0.4, -0.2) is 30.9 Å². The molecule has 3 aromatic rings. The van der Waals surface area contributed by atoms with Gasteiger partial charge in [-0.1, -0.05) is 64.4 Å². The summed E-state index contributed by atoms with van der Waals surface area (Å²) in [5.41, 5.74) is 4.21. The molecule has 178 valence electrons. The first kappa shape index (κ1) is 25.0. The minimum Gasteiger partial charge on any atom is -0.449 e. The first-order valence-electron chi connectivity index (χ1n) is 11.8. The van der Waals surface area contributed by atoms with Gasteiger partial charge in [-0.05, 0) is 55.1 Å². The highest BCUT2D eigenvalue weighted by molar-refractivity contribution is 6.48. The molecule has 1 unspecified atom stereocenters. The van der Waals surface area contributed by atoms with E-state index in [1.807, 2.05) is 18.2 Å². The van der Waals surface area contributed by atoms with Crippen LogP contribution in [0.25, 0.3) is 11.0 Å². The number of fused-ring (bicyclic) bond motifs is 1. The lowest BCUT2D eigenvalue weighted by Crippen LogP contribution is -2.34. The molecule has 0 aliphatic rings. The van der Waals surface area contributed by atoms with E-state index in [0.717, 1.165) is 23.0 Å². The Labute approximate surface area is 197 Å². The highest BCUT2D eigenvalue weighted by atomic mass is 28.3. The predicted molar refractivity (Wildman–Crippen MR) is 136 cm³/mol. The summed E-state index contributed by atoms with van der Waals surface area (Å²) in [5, 5.41) is 0. The molecule has 0 bridgehead atoms. The van der Waals surface area contributed by atoms with E-state index in [0.29, 0.717) is 11.0 Å². The third-order valence-electron chi connectivity index (χ3n) is 5.61. The molecule has 6 nitrogen and oxygen atoms in total. The van der Waals surface area contributed by atoms with Crippen LogP contribution in [0.3, 0.4) is 0 Å². The van der Waals surface area contributed by atoms with Gasteiger partial charge in [-0.3, -0.25) is 4.57 Å². The number of para-hydroxylation sites is 2. The molecule has 33 heavy (non-hydrogen) atoms. The van der Waals surface area contributed by atoms with Crippen molar-refractivity contribution in [3.63, 3.8) is 0 Å². The van der Waals surface area contributed by atoms with Crippen molar-refractivity contribution in [2.75, 3.05) is 6.61 Å². The van der Waals surface area contributed by atoms with Crippen LogP contribution in [0, 0.1) is 0 Å². The molecule has 0 amide bonds. The predicted octanol–water partition coefficient (Wildman–Crippen LogP) is 5.60. The van der Waals surface area contributed by atoms with Gasteiger partial charge in [-0.15, -0.1) is 0 Å². The maximum absolute atomic E-state index is 13.6. The summed E-state index contributed by atoms with van der Waals surface area (Å²) >= 11 is 0. The van der Waals surface area contributed by atoms with Gasteiger partial charge in [0.05, 0.1) is 17.6 Å². The Morgan fingerprint density at radius 3 is 2.30 bits per heavy atom. The van der Waals surface area contributed by atoms with Gasteiger partial charge in [0.15, 0.2) is 15.3 Å². The number of hydrogen-bond donors (Lipinski definition) is 0. The van der Waals surface area contributed by atoms with E-state index < -0.39 is 27.1 Å². The van der Waals surface area contributed by atoms with Crippen molar-refractivity contribution in [2.45, 2.75) is 72.2 Å². The monoisotopic (exact) mass is 468 g/mol. The van der Waals surface area contributed by atoms with Crippen molar-refractivity contribution >= 4 is 26.2 Å². The van der Waals surface area contributed by atoms with E-state index >= 15 is 0 Å². The van der Waals surface area contributed by atoms with Crippen molar-refractivity contribution in [1.29, 1.82) is 0 Å². The van der Waals surface area contributed by atoms with Crippen LogP contribution in [0.1, 0.15) is 64.0 Å². The van der Waals surface area contributed by atoms with E-state index in [2.05, 4.69) is 59.0 Å². The number of rotatable bonds is 7. The summed E-state index contributed by atoms with van der Waals surface area (Å²) in [4.78, 5) is 26.3. The van der Waals surface area contributed by atoms with Gasteiger partial charge in [-0.2, -0.15) is 4.57 Å². The Hall–Kier alpha value is -2.64. The molecule has 0 saturated carbocycles. The maximum Gasteiger partial charge on any atom is 0.422 e. The molecule has 0 saturated heterocycles. The van der Waals surface area contributed by atoms with Crippen LogP contribution < -0.4 is 5.69 Å². The molecule has 1 heterocycles. The Morgan fingerprint density at radius 2 is 1.73 bits per heavy atom. The second-order valence-corrected chi connectivity index (χ2v) is 12.0. The van der Waals surface area contributed by atoms with Crippen LogP contribution >= 0.6 is 0 Å². The third-order valence-corrected chi connectivity index (χ3v) is 6.41. The van der Waals surface area contributed by atoms with Crippen LogP contribution in [-0.2, 0) is 21.0 Å². The lowest BCUT2D eigenvalue weighted by molar-refractivity contribution is 0.150. The van der Waals surface area contributed by atoms with E-state index in [9.17, 15) is 9.59 Å². The molecular weight excluding hydrogens is 432 g/mol. The zero-order valence-corrected chi connectivity index (χ0v) is 22.0. The number of aryl methyl sites for hydroxylation is 1. The Morgan fingerprint density at radius 1 is 1.06 bits per heavy atom. The molecule has 1 aromatic heterocycles. The van der Waals surface area contributed by atoms with E-state index in [4.69, 9.17) is 9.16 Å². The molecule has 3 rings (SSSR count). The van der Waals surface area contributed by atoms with Crippen LogP contribution in [0.15, 0.2) is 47.3 Å². The van der Waals surface area contributed by atoms with Gasteiger partial charge in [0, 0.05) is 5.56 Å². The van der Waals surface area contributed by atoms with Crippen LogP contribution in [0.5, 0.6) is 0 Å². The van der Waals surface area contributed by atoms with Gasteiger partial charge in [0.1, 0.15) is 0 Å². The summed E-state index contributed by atoms with van der Waals surface area (Å²) in [6.07, 6.45) is 0.687. The summed E-state index contributed by atoms with van der Waals surface area (Å²) < 4.78 is 14.3. The lowest BCUT2D eigenvalue weighted by atomic mass is 9.82. The van der Waals surface area contributed by atoms with Crippen molar-refractivity contribution in [3.05, 3.63) is 69.6 Å². The van der Waals surface area contributed by atoms with Gasteiger partial charge in [0.2, 0.25) is 0 Å². The molecule has 1 atom stereocenters. The molecule has 0 aliphatic heterocycles. The molecule has 2 aromatic carbocycles. The zero-order valence-electron chi connectivity index (χ0n) is 20.8. The largest absolute Gasteiger partial charge is 0.449 e. The molecular formula is C26H36N2O4Si. The number of nitrogens with zero attached hydrogens (tertiary/aromatic N) is 2. The van der Waals surface area contributed by atoms with Gasteiger partial charge < -0.3 is 9.16 Å². The van der Waals surface area contributed by atoms with E-state index in [-0.39, 0.29) is 12.0 Å². The molecule has 7 heteroatoms. The van der Waals surface area contributed by atoms with Crippen LogP contribution in [0.2, 0.25) is 13.1 Å². The number of hydrogen-bond acceptors (Lipinski definition) is 4. The number of aromatic nitrogens is 2.